The van der Waals surface area contributed by atoms with Crippen molar-refractivity contribution in [3.05, 3.63) is 28.5 Å². The standard InChI is InChI=1S/C12H14F2N2S2/c1-7(18-2)5-6-16-11-9(15-12(16)17)4-3-8(13)10(11)14/h3-4,7H,5-6H2,1-2H3,(H,15,17). The topological polar surface area (TPSA) is 20.7 Å². The van der Waals surface area contributed by atoms with Gasteiger partial charge in [-0.3, -0.25) is 0 Å². The molecule has 2 aromatic rings. The van der Waals surface area contributed by atoms with E-state index in [1.54, 1.807) is 16.3 Å². The molecule has 0 bridgehead atoms. The maximum absolute atomic E-state index is 13.8. The zero-order chi connectivity index (χ0) is 13.3. The van der Waals surface area contributed by atoms with Gasteiger partial charge in [0.1, 0.15) is 5.52 Å². The largest absolute Gasteiger partial charge is 0.330 e. The summed E-state index contributed by atoms with van der Waals surface area (Å²) in [7, 11) is 0. The smallest absolute Gasteiger partial charge is 0.184 e. The van der Waals surface area contributed by atoms with Gasteiger partial charge in [-0.2, -0.15) is 11.8 Å². The molecule has 0 aliphatic rings. The molecule has 2 nitrogen and oxygen atoms in total. The van der Waals surface area contributed by atoms with Gasteiger partial charge in [0.15, 0.2) is 16.4 Å². The number of nitrogens with one attached hydrogen (secondary N) is 1. The number of nitrogens with zero attached hydrogens (tertiary/aromatic N) is 1. The number of H-pyrrole nitrogens is 1. The lowest BCUT2D eigenvalue weighted by Crippen LogP contribution is -2.06. The summed E-state index contributed by atoms with van der Waals surface area (Å²) in [5.41, 5.74) is 0.768. The van der Waals surface area contributed by atoms with Gasteiger partial charge in [-0.15, -0.1) is 0 Å². The molecular formula is C12H14F2N2S2. The fourth-order valence-electron chi connectivity index (χ4n) is 1.83. The fourth-order valence-corrected chi connectivity index (χ4v) is 2.46. The average Bonchev–Trinajstić information content (AvgIpc) is 2.68. The molecule has 0 spiro atoms. The third-order valence-corrected chi connectivity index (χ3v) is 4.35. The fraction of sp³-hybridized carbons (Fsp3) is 0.417. The Morgan fingerprint density at radius 3 is 2.83 bits per heavy atom. The quantitative estimate of drug-likeness (QED) is 0.854. The summed E-state index contributed by atoms with van der Waals surface area (Å²) in [6.07, 6.45) is 2.89. The van der Waals surface area contributed by atoms with Gasteiger partial charge in [0.2, 0.25) is 0 Å². The van der Waals surface area contributed by atoms with Crippen LogP contribution in [0.3, 0.4) is 0 Å². The Morgan fingerprint density at radius 2 is 2.17 bits per heavy atom. The maximum atomic E-state index is 13.8. The Hall–Kier alpha value is -0.880. The first kappa shape index (κ1) is 13.5. The Kier molecular flexibility index (Phi) is 4.07. The van der Waals surface area contributed by atoms with Crippen LogP contribution in [0.1, 0.15) is 13.3 Å². The van der Waals surface area contributed by atoms with Gasteiger partial charge in [-0.1, -0.05) is 6.92 Å². The van der Waals surface area contributed by atoms with Gasteiger partial charge in [0.25, 0.3) is 0 Å². The molecule has 0 saturated heterocycles. The highest BCUT2D eigenvalue weighted by Crippen LogP contribution is 2.22. The zero-order valence-corrected chi connectivity index (χ0v) is 11.8. The number of halogens is 2. The van der Waals surface area contributed by atoms with Crippen molar-refractivity contribution in [1.29, 1.82) is 0 Å². The summed E-state index contributed by atoms with van der Waals surface area (Å²) in [5, 5.41) is 0.452. The monoisotopic (exact) mass is 288 g/mol. The molecule has 0 aliphatic carbocycles. The highest BCUT2D eigenvalue weighted by molar-refractivity contribution is 7.99. The molecule has 1 aromatic carbocycles. The van der Waals surface area contributed by atoms with E-state index in [0.717, 1.165) is 12.5 Å². The Morgan fingerprint density at radius 1 is 1.44 bits per heavy atom. The summed E-state index contributed by atoms with van der Waals surface area (Å²) < 4.78 is 29.1. The molecule has 1 heterocycles. The number of rotatable bonds is 4. The number of aromatic nitrogens is 2. The Balaban J connectivity index is 2.46. The molecule has 0 aliphatic heterocycles. The van der Waals surface area contributed by atoms with Crippen LogP contribution in [0.4, 0.5) is 8.78 Å². The number of thioether (sulfide) groups is 1. The molecule has 18 heavy (non-hydrogen) atoms. The zero-order valence-electron chi connectivity index (χ0n) is 10.2. The lowest BCUT2D eigenvalue weighted by Gasteiger charge is -2.09. The number of benzene rings is 1. The maximum Gasteiger partial charge on any atom is 0.184 e. The van der Waals surface area contributed by atoms with E-state index in [9.17, 15) is 8.78 Å². The molecule has 6 heteroatoms. The van der Waals surface area contributed by atoms with Crippen LogP contribution >= 0.6 is 24.0 Å². The van der Waals surface area contributed by atoms with Crippen molar-refractivity contribution in [2.75, 3.05) is 6.26 Å². The summed E-state index contributed by atoms with van der Waals surface area (Å²) in [5.74, 6) is -1.68. The van der Waals surface area contributed by atoms with Crippen LogP contribution in [0.25, 0.3) is 11.0 Å². The third kappa shape index (κ3) is 2.44. The normalized spacial score (nSPS) is 13.1. The van der Waals surface area contributed by atoms with Crippen molar-refractivity contribution in [2.24, 2.45) is 0 Å². The van der Waals surface area contributed by atoms with Crippen LogP contribution in [-0.4, -0.2) is 21.1 Å². The second-order valence-electron chi connectivity index (χ2n) is 4.17. The second-order valence-corrected chi connectivity index (χ2v) is 5.84. The summed E-state index contributed by atoms with van der Waals surface area (Å²) in [6.45, 7) is 2.68. The third-order valence-electron chi connectivity index (χ3n) is 2.99. The predicted molar refractivity (Wildman–Crippen MR) is 74.6 cm³/mol. The Bertz CT molecular complexity index is 618. The molecule has 1 atom stereocenters. The van der Waals surface area contributed by atoms with Crippen LogP contribution in [-0.2, 0) is 6.54 Å². The molecule has 0 fully saturated rings. The number of aryl methyl sites for hydroxylation is 1. The number of hydrogen-bond donors (Lipinski definition) is 1. The van der Waals surface area contributed by atoms with Crippen LogP contribution in [0.2, 0.25) is 0 Å². The van der Waals surface area contributed by atoms with Gasteiger partial charge in [-0.05, 0) is 37.0 Å². The highest BCUT2D eigenvalue weighted by Gasteiger charge is 2.14. The minimum absolute atomic E-state index is 0.230. The molecular weight excluding hydrogens is 274 g/mol. The number of aromatic amines is 1. The number of imidazole rings is 1. The lowest BCUT2D eigenvalue weighted by molar-refractivity contribution is 0.509. The molecule has 1 unspecified atom stereocenters. The van der Waals surface area contributed by atoms with E-state index >= 15 is 0 Å². The Labute approximate surface area is 113 Å². The van der Waals surface area contributed by atoms with E-state index in [0.29, 0.717) is 22.1 Å². The minimum atomic E-state index is -0.844. The van der Waals surface area contributed by atoms with E-state index in [-0.39, 0.29) is 5.52 Å². The van der Waals surface area contributed by atoms with Crippen molar-refractivity contribution in [2.45, 2.75) is 25.1 Å². The van der Waals surface area contributed by atoms with Gasteiger partial charge < -0.3 is 9.55 Å². The van der Waals surface area contributed by atoms with E-state index in [1.165, 1.54) is 6.07 Å². The average molecular weight is 288 g/mol. The minimum Gasteiger partial charge on any atom is -0.330 e. The van der Waals surface area contributed by atoms with Gasteiger partial charge in [0, 0.05) is 11.8 Å². The van der Waals surface area contributed by atoms with Crippen LogP contribution in [0, 0.1) is 16.4 Å². The van der Waals surface area contributed by atoms with Crippen LogP contribution < -0.4 is 0 Å². The lowest BCUT2D eigenvalue weighted by atomic mass is 10.2. The molecule has 0 saturated carbocycles. The summed E-state index contributed by atoms with van der Waals surface area (Å²) in [6, 6.07) is 2.62. The van der Waals surface area contributed by atoms with Gasteiger partial charge >= 0.3 is 0 Å². The number of hydrogen-bond acceptors (Lipinski definition) is 2. The summed E-state index contributed by atoms with van der Waals surface area (Å²) in [4.78, 5) is 2.90. The molecule has 2 rings (SSSR count). The van der Waals surface area contributed by atoms with Gasteiger partial charge in [0.05, 0.1) is 5.52 Å². The van der Waals surface area contributed by atoms with Crippen molar-refractivity contribution in [1.82, 2.24) is 9.55 Å². The first-order valence-electron chi connectivity index (χ1n) is 5.64. The molecule has 1 aromatic heterocycles. The van der Waals surface area contributed by atoms with Gasteiger partial charge in [-0.25, -0.2) is 8.78 Å². The van der Waals surface area contributed by atoms with Crippen LogP contribution in [0.5, 0.6) is 0 Å². The predicted octanol–water partition coefficient (Wildman–Crippen LogP) is 4.12. The summed E-state index contributed by atoms with van der Waals surface area (Å²) >= 11 is 6.90. The highest BCUT2D eigenvalue weighted by atomic mass is 32.2. The van der Waals surface area contributed by atoms with Crippen molar-refractivity contribution in [3.8, 4) is 0 Å². The van der Waals surface area contributed by atoms with E-state index in [2.05, 4.69) is 11.9 Å². The molecule has 98 valence electrons. The first-order chi connectivity index (χ1) is 8.54. The van der Waals surface area contributed by atoms with E-state index in [1.807, 2.05) is 6.26 Å². The van der Waals surface area contributed by atoms with Crippen molar-refractivity contribution >= 4 is 35.0 Å². The van der Waals surface area contributed by atoms with Crippen molar-refractivity contribution in [3.63, 3.8) is 0 Å². The molecule has 0 amide bonds. The molecule has 1 N–H and O–H groups in total. The SMILES string of the molecule is CSC(C)CCn1c(=S)[nH]c2ccc(F)c(F)c21. The number of fused-ring (bicyclic) bond motifs is 1. The van der Waals surface area contributed by atoms with Crippen molar-refractivity contribution < 1.29 is 8.78 Å². The molecule has 0 radical (unpaired) electrons. The van der Waals surface area contributed by atoms with Crippen LogP contribution in [0.15, 0.2) is 12.1 Å². The van der Waals surface area contributed by atoms with E-state index in [4.69, 9.17) is 12.2 Å². The van der Waals surface area contributed by atoms with E-state index < -0.39 is 11.6 Å². The first-order valence-corrected chi connectivity index (χ1v) is 7.33. The second kappa shape index (κ2) is 5.40.